The lowest BCUT2D eigenvalue weighted by atomic mass is 9.99. The van der Waals surface area contributed by atoms with Crippen molar-refractivity contribution < 1.29 is 0 Å². The van der Waals surface area contributed by atoms with Gasteiger partial charge in [0.15, 0.2) is 5.11 Å². The molecule has 4 nitrogen and oxygen atoms in total. The second-order valence-electron chi connectivity index (χ2n) is 8.98. The first kappa shape index (κ1) is 22.6. The molecule has 4 aromatic rings. The maximum Gasteiger partial charge on any atom is 0.174 e. The average molecular weight is 487 g/mol. The largest absolute Gasteiger partial charge is 0.351 e. The number of halogens is 1. The van der Waals surface area contributed by atoms with Gasteiger partial charge in [-0.25, -0.2) is 0 Å². The van der Waals surface area contributed by atoms with E-state index in [1.54, 1.807) is 0 Å². The Bertz CT molecular complexity index is 1310. The molecular weight excluding hydrogens is 460 g/mol. The van der Waals surface area contributed by atoms with Crippen LogP contribution in [0.3, 0.4) is 0 Å². The van der Waals surface area contributed by atoms with Crippen molar-refractivity contribution in [3.63, 3.8) is 0 Å². The highest BCUT2D eigenvalue weighted by atomic mass is 35.5. The van der Waals surface area contributed by atoms with Crippen molar-refractivity contribution in [3.8, 4) is 5.69 Å². The number of thiocarbonyl (C=S) groups is 1. The third-order valence-corrected chi connectivity index (χ3v) is 7.18. The maximum absolute atomic E-state index is 6.32. The van der Waals surface area contributed by atoms with Crippen molar-refractivity contribution in [2.75, 3.05) is 4.90 Å². The molecule has 34 heavy (non-hydrogen) atoms. The zero-order valence-corrected chi connectivity index (χ0v) is 21.0. The van der Waals surface area contributed by atoms with E-state index in [9.17, 15) is 0 Å². The van der Waals surface area contributed by atoms with Gasteiger partial charge in [0.05, 0.1) is 11.7 Å². The number of benzene rings is 2. The van der Waals surface area contributed by atoms with Gasteiger partial charge in [0, 0.05) is 34.5 Å². The smallest absolute Gasteiger partial charge is 0.174 e. The Kier molecular flexibility index (Phi) is 6.15. The number of hydrogen-bond donors (Lipinski definition) is 1. The van der Waals surface area contributed by atoms with E-state index in [0.717, 1.165) is 33.3 Å². The minimum atomic E-state index is -0.0967. The van der Waals surface area contributed by atoms with Crippen molar-refractivity contribution in [1.29, 1.82) is 0 Å². The molecule has 0 radical (unpaired) electrons. The Balaban J connectivity index is 1.64. The third kappa shape index (κ3) is 4.10. The van der Waals surface area contributed by atoms with E-state index in [1.165, 1.54) is 5.56 Å². The van der Waals surface area contributed by atoms with Crippen LogP contribution in [0.25, 0.3) is 5.69 Å². The van der Waals surface area contributed by atoms with Crippen LogP contribution in [-0.4, -0.2) is 14.7 Å². The van der Waals surface area contributed by atoms with Gasteiger partial charge in [-0.05, 0) is 90.8 Å². The number of aryl methyl sites for hydroxylation is 1. The van der Waals surface area contributed by atoms with E-state index in [-0.39, 0.29) is 12.1 Å². The molecule has 5 rings (SSSR count). The number of pyridine rings is 1. The highest BCUT2D eigenvalue weighted by molar-refractivity contribution is 7.80. The fourth-order valence-corrected chi connectivity index (χ4v) is 5.07. The molecule has 1 N–H and O–H groups in total. The van der Waals surface area contributed by atoms with Crippen molar-refractivity contribution >= 4 is 34.6 Å². The molecule has 3 heterocycles. The average Bonchev–Trinajstić information content (AvgIpc) is 3.45. The molecule has 2 aromatic carbocycles. The van der Waals surface area contributed by atoms with E-state index in [1.807, 2.05) is 31.3 Å². The molecule has 0 amide bonds. The van der Waals surface area contributed by atoms with Crippen molar-refractivity contribution in [2.24, 2.45) is 0 Å². The van der Waals surface area contributed by atoms with Gasteiger partial charge in [-0.2, -0.15) is 0 Å². The number of aromatic nitrogens is 2. The number of anilines is 1. The summed E-state index contributed by atoms with van der Waals surface area (Å²) in [5, 5.41) is 5.01. The molecule has 1 fully saturated rings. The van der Waals surface area contributed by atoms with Crippen LogP contribution in [0.2, 0.25) is 5.02 Å². The molecular formula is C28H27ClN4S. The Labute approximate surface area is 211 Å². The minimum Gasteiger partial charge on any atom is -0.351 e. The lowest BCUT2D eigenvalue weighted by Crippen LogP contribution is -2.30. The molecule has 0 spiro atoms. The fourth-order valence-electron chi connectivity index (χ4n) is 4.60. The first-order valence-electron chi connectivity index (χ1n) is 11.5. The first-order valence-corrected chi connectivity index (χ1v) is 12.3. The molecule has 0 unspecified atom stereocenters. The molecule has 0 bridgehead atoms. The lowest BCUT2D eigenvalue weighted by molar-refractivity contribution is 0.549. The van der Waals surface area contributed by atoms with Crippen LogP contribution in [0.1, 0.15) is 54.4 Å². The summed E-state index contributed by atoms with van der Waals surface area (Å²) in [6.45, 7) is 6.44. The van der Waals surface area contributed by atoms with Crippen LogP contribution in [0, 0.1) is 6.92 Å². The van der Waals surface area contributed by atoms with Crippen molar-refractivity contribution in [2.45, 2.75) is 38.8 Å². The molecule has 2 atom stereocenters. The number of rotatable bonds is 5. The highest BCUT2D eigenvalue weighted by Crippen LogP contribution is 2.42. The van der Waals surface area contributed by atoms with Gasteiger partial charge in [-0.3, -0.25) is 4.98 Å². The molecule has 1 aliphatic rings. The number of hydrogen-bond acceptors (Lipinski definition) is 2. The summed E-state index contributed by atoms with van der Waals surface area (Å²) in [4.78, 5) is 6.89. The van der Waals surface area contributed by atoms with E-state index >= 15 is 0 Å². The predicted molar refractivity (Wildman–Crippen MR) is 144 cm³/mol. The van der Waals surface area contributed by atoms with Crippen LogP contribution < -0.4 is 10.2 Å². The quantitative estimate of drug-likeness (QED) is 0.304. The molecule has 172 valence electrons. The Morgan fingerprint density at radius 3 is 2.41 bits per heavy atom. The van der Waals surface area contributed by atoms with Gasteiger partial charge >= 0.3 is 0 Å². The summed E-state index contributed by atoms with van der Waals surface area (Å²) in [7, 11) is 0. The summed E-state index contributed by atoms with van der Waals surface area (Å²) in [5.41, 5.74) is 6.55. The molecule has 6 heteroatoms. The SMILES string of the molecule is Cc1cc(-n2cccc2[C@H]2[C@H](c3ccccn3)NC(=S)N2c2ccc(C(C)C)cc2)ccc1Cl. The second-order valence-corrected chi connectivity index (χ2v) is 9.77. The third-order valence-electron chi connectivity index (χ3n) is 6.44. The van der Waals surface area contributed by atoms with Gasteiger partial charge in [-0.15, -0.1) is 0 Å². The Morgan fingerprint density at radius 1 is 0.971 bits per heavy atom. The second kappa shape index (κ2) is 9.24. The van der Waals surface area contributed by atoms with E-state index in [4.69, 9.17) is 23.8 Å². The summed E-state index contributed by atoms with van der Waals surface area (Å²) < 4.78 is 2.22. The number of nitrogens with zero attached hydrogens (tertiary/aromatic N) is 3. The van der Waals surface area contributed by atoms with E-state index in [2.05, 4.69) is 94.4 Å². The highest BCUT2D eigenvalue weighted by Gasteiger charge is 2.42. The van der Waals surface area contributed by atoms with Crippen molar-refractivity contribution in [3.05, 3.63) is 113 Å². The summed E-state index contributed by atoms with van der Waals surface area (Å²) in [6.07, 6.45) is 3.92. The predicted octanol–water partition coefficient (Wildman–Crippen LogP) is 7.13. The van der Waals surface area contributed by atoms with Gasteiger partial charge in [-0.1, -0.05) is 43.6 Å². The zero-order chi connectivity index (χ0) is 23.8. The summed E-state index contributed by atoms with van der Waals surface area (Å²) >= 11 is 12.2. The molecule has 1 saturated heterocycles. The lowest BCUT2D eigenvalue weighted by Gasteiger charge is -2.29. The fraction of sp³-hybridized carbons (Fsp3) is 0.214. The Hall–Kier alpha value is -3.15. The zero-order valence-electron chi connectivity index (χ0n) is 19.4. The summed E-state index contributed by atoms with van der Waals surface area (Å²) in [6, 6.07) is 24.9. The maximum atomic E-state index is 6.32. The van der Waals surface area contributed by atoms with Crippen LogP contribution in [0.15, 0.2) is 85.2 Å². The number of nitrogens with one attached hydrogen (secondary N) is 1. The molecule has 0 aliphatic carbocycles. The monoisotopic (exact) mass is 486 g/mol. The van der Waals surface area contributed by atoms with Gasteiger partial charge < -0.3 is 14.8 Å². The van der Waals surface area contributed by atoms with Crippen LogP contribution in [0.4, 0.5) is 5.69 Å². The van der Waals surface area contributed by atoms with Crippen LogP contribution in [-0.2, 0) is 0 Å². The topological polar surface area (TPSA) is 33.1 Å². The minimum absolute atomic E-state index is 0.0849. The molecule has 2 aromatic heterocycles. The van der Waals surface area contributed by atoms with E-state index in [0.29, 0.717) is 11.0 Å². The van der Waals surface area contributed by atoms with Gasteiger partial charge in [0.25, 0.3) is 0 Å². The molecule has 1 aliphatic heterocycles. The Morgan fingerprint density at radius 2 is 1.74 bits per heavy atom. The van der Waals surface area contributed by atoms with Crippen LogP contribution >= 0.6 is 23.8 Å². The van der Waals surface area contributed by atoms with Crippen molar-refractivity contribution in [1.82, 2.24) is 14.9 Å². The van der Waals surface area contributed by atoms with Gasteiger partial charge in [0.1, 0.15) is 6.04 Å². The molecule has 0 saturated carbocycles. The van der Waals surface area contributed by atoms with Gasteiger partial charge in [0.2, 0.25) is 0 Å². The normalized spacial score (nSPS) is 17.9. The van der Waals surface area contributed by atoms with Crippen LogP contribution in [0.5, 0.6) is 0 Å². The first-order chi connectivity index (χ1) is 16.4. The standard InChI is InChI=1S/C28H27ClN4S/c1-18(2)20-9-11-21(12-10-20)33-27(26(31-28(33)34)24-7-4-5-15-30-24)25-8-6-16-32(25)22-13-14-23(29)19(3)17-22/h4-18,26-27H,1-3H3,(H,31,34)/t26-,27-/m0/s1. The van der Waals surface area contributed by atoms with E-state index < -0.39 is 0 Å². The summed E-state index contributed by atoms with van der Waals surface area (Å²) in [5.74, 6) is 0.472.